The zero-order valence-electron chi connectivity index (χ0n) is 13.6. The van der Waals surface area contributed by atoms with E-state index in [0.29, 0.717) is 17.3 Å². The van der Waals surface area contributed by atoms with Crippen LogP contribution in [0.15, 0.2) is 48.5 Å². The van der Waals surface area contributed by atoms with Gasteiger partial charge in [0.25, 0.3) is 11.8 Å². The van der Waals surface area contributed by atoms with Crippen molar-refractivity contribution >= 4 is 63.6 Å². The number of thiocarbonyl (C=S) groups is 1. The lowest BCUT2D eigenvalue weighted by atomic mass is 10.2. The van der Waals surface area contributed by atoms with Gasteiger partial charge >= 0.3 is 0 Å². The molecule has 0 atom stereocenters. The summed E-state index contributed by atoms with van der Waals surface area (Å²) in [5.41, 5.74) is 1.01. The second kappa shape index (κ2) is 6.19. The third kappa shape index (κ3) is 2.51. The van der Waals surface area contributed by atoms with Crippen LogP contribution in [0.4, 0.5) is 0 Å². The molecule has 3 heterocycles. The molecule has 25 heavy (non-hydrogen) atoms. The number of likely N-dealkylation sites (N-methyl/N-ethyl adjacent to an activating group) is 2. The highest BCUT2D eigenvalue weighted by atomic mass is 32.2. The summed E-state index contributed by atoms with van der Waals surface area (Å²) >= 11 is 8.20. The molecule has 1 aromatic heterocycles. The lowest BCUT2D eigenvalue weighted by molar-refractivity contribution is -0.133. The quantitative estimate of drug-likeness (QED) is 0.441. The second-order valence-electron chi connectivity index (χ2n) is 5.51. The largest absolute Gasteiger partial charge is 0.464 e. The van der Waals surface area contributed by atoms with Crippen LogP contribution in [-0.4, -0.2) is 39.8 Å². The van der Waals surface area contributed by atoms with Crippen LogP contribution in [0.3, 0.4) is 0 Å². The number of hydrogen-bond acceptors (Lipinski definition) is 6. The van der Waals surface area contributed by atoms with Gasteiger partial charge in [0.05, 0.1) is 10.5 Å². The Bertz CT molecular complexity index is 893. The van der Waals surface area contributed by atoms with Crippen molar-refractivity contribution in [1.29, 1.82) is 0 Å². The van der Waals surface area contributed by atoms with Crippen molar-refractivity contribution < 1.29 is 14.0 Å². The van der Waals surface area contributed by atoms with E-state index in [0.717, 1.165) is 20.8 Å². The Morgan fingerprint density at radius 3 is 2.24 bits per heavy atom. The maximum absolute atomic E-state index is 12.8. The third-order valence-electron chi connectivity index (χ3n) is 4.14. The smallest absolute Gasteiger partial charge is 0.267 e. The molecule has 4 rings (SSSR count). The molecule has 2 amide bonds. The highest BCUT2D eigenvalue weighted by Gasteiger charge is 2.41. The maximum Gasteiger partial charge on any atom is 0.267 e. The van der Waals surface area contributed by atoms with E-state index in [1.807, 2.05) is 32.0 Å². The van der Waals surface area contributed by atoms with Gasteiger partial charge in [-0.15, -0.1) is 0 Å². The fraction of sp³-hybridized carbons (Fsp3) is 0.235. The van der Waals surface area contributed by atoms with Gasteiger partial charge in [-0.05, 0) is 44.3 Å². The number of hydrogen-bond donors (Lipinski definition) is 0. The summed E-state index contributed by atoms with van der Waals surface area (Å²) in [7, 11) is 0. The fourth-order valence-electron chi connectivity index (χ4n) is 2.87. The van der Waals surface area contributed by atoms with Gasteiger partial charge in [-0.3, -0.25) is 19.4 Å². The van der Waals surface area contributed by atoms with Crippen LogP contribution in [0.2, 0.25) is 0 Å². The van der Waals surface area contributed by atoms with Crippen LogP contribution >= 0.6 is 35.7 Å². The lowest BCUT2D eigenvalue weighted by Gasteiger charge is -2.35. The molecule has 0 saturated carbocycles. The van der Waals surface area contributed by atoms with Crippen LogP contribution in [0.1, 0.15) is 13.8 Å². The molecule has 128 valence electrons. The van der Waals surface area contributed by atoms with Crippen LogP contribution in [0.5, 0.6) is 0 Å². The van der Waals surface area contributed by atoms with Crippen molar-refractivity contribution in [2.75, 3.05) is 13.1 Å². The summed E-state index contributed by atoms with van der Waals surface area (Å²) in [6, 6.07) is 5.88. The Balaban J connectivity index is 1.79. The maximum atomic E-state index is 12.8. The van der Waals surface area contributed by atoms with Gasteiger partial charge in [0.15, 0.2) is 5.11 Å². The van der Waals surface area contributed by atoms with Gasteiger partial charge in [-0.1, -0.05) is 23.5 Å². The molecule has 2 aliphatic rings. The Labute approximate surface area is 158 Å². The normalized spacial score (nSPS) is 17.9. The molecule has 0 N–H and O–H groups in total. The van der Waals surface area contributed by atoms with Crippen LogP contribution in [0.25, 0.3) is 11.0 Å². The van der Waals surface area contributed by atoms with Crippen LogP contribution < -0.4 is 0 Å². The van der Waals surface area contributed by atoms with Crippen molar-refractivity contribution in [2.45, 2.75) is 23.6 Å². The van der Waals surface area contributed by atoms with E-state index in [-0.39, 0.29) is 22.5 Å². The average molecular weight is 391 g/mol. The zero-order valence-corrected chi connectivity index (χ0v) is 16.0. The van der Waals surface area contributed by atoms with Crippen molar-refractivity contribution in [3.05, 3.63) is 34.3 Å². The molecule has 0 bridgehead atoms. The van der Waals surface area contributed by atoms with Gasteiger partial charge in [0, 0.05) is 28.3 Å². The molecule has 8 heteroatoms. The molecule has 0 radical (unpaired) electrons. The van der Waals surface area contributed by atoms with Gasteiger partial charge in [0.2, 0.25) is 0 Å². The van der Waals surface area contributed by atoms with E-state index >= 15 is 0 Å². The predicted octanol–water partition coefficient (Wildman–Crippen LogP) is 3.84. The molecule has 2 aliphatic heterocycles. The highest BCUT2D eigenvalue weighted by molar-refractivity contribution is 8.24. The molecule has 1 fully saturated rings. The fourth-order valence-corrected chi connectivity index (χ4v) is 5.87. The molecular weight excluding hydrogens is 376 g/mol. The third-order valence-corrected chi connectivity index (χ3v) is 7.10. The summed E-state index contributed by atoms with van der Waals surface area (Å²) in [4.78, 5) is 30.7. The SMILES string of the molecule is CCN1C(=O)C(=C2Sc3cc4ccoc4cc3S2)C(=O)N(CC)C1=S. The lowest BCUT2D eigenvalue weighted by Crippen LogP contribution is -2.56. The predicted molar refractivity (Wildman–Crippen MR) is 102 cm³/mol. The van der Waals surface area contributed by atoms with Gasteiger partial charge in [-0.25, -0.2) is 0 Å². The summed E-state index contributed by atoms with van der Waals surface area (Å²) in [6.07, 6.45) is 1.65. The topological polar surface area (TPSA) is 53.8 Å². The van der Waals surface area contributed by atoms with E-state index in [1.165, 1.54) is 33.3 Å². The summed E-state index contributed by atoms with van der Waals surface area (Å²) in [5, 5.41) is 1.29. The second-order valence-corrected chi connectivity index (χ2v) is 8.23. The summed E-state index contributed by atoms with van der Waals surface area (Å²) in [6.45, 7) is 4.59. The minimum Gasteiger partial charge on any atom is -0.464 e. The molecular formula is C17H14N2O3S3. The Morgan fingerprint density at radius 1 is 1.04 bits per heavy atom. The number of fused-ring (bicyclic) bond motifs is 2. The number of nitrogens with zero attached hydrogens (tertiary/aromatic N) is 2. The van der Waals surface area contributed by atoms with E-state index in [9.17, 15) is 9.59 Å². The minimum absolute atomic E-state index is 0.208. The first-order chi connectivity index (χ1) is 12.0. The van der Waals surface area contributed by atoms with Crippen molar-refractivity contribution in [3.8, 4) is 0 Å². The Kier molecular flexibility index (Phi) is 4.13. The molecule has 0 unspecified atom stereocenters. The number of rotatable bonds is 2. The summed E-state index contributed by atoms with van der Waals surface area (Å²) in [5.74, 6) is -0.623. The standard InChI is InChI=1S/C17H14N2O3S3/c1-3-18-14(20)13(15(21)19(4-2)17(18)23)16-24-11-7-9-5-6-22-10(9)8-12(11)25-16/h5-8H,3-4H2,1-2H3. The Hall–Kier alpha value is -1.77. The summed E-state index contributed by atoms with van der Waals surface area (Å²) < 4.78 is 6.15. The molecule has 1 aromatic carbocycles. The van der Waals surface area contributed by atoms with Crippen molar-refractivity contribution in [1.82, 2.24) is 9.80 Å². The van der Waals surface area contributed by atoms with E-state index < -0.39 is 0 Å². The minimum atomic E-state index is -0.311. The number of amides is 2. The van der Waals surface area contributed by atoms with Crippen molar-refractivity contribution in [2.24, 2.45) is 0 Å². The molecule has 0 spiro atoms. The first kappa shape index (κ1) is 16.7. The average Bonchev–Trinajstić information content (AvgIpc) is 3.18. The van der Waals surface area contributed by atoms with Gasteiger partial charge in [0.1, 0.15) is 11.2 Å². The van der Waals surface area contributed by atoms with Crippen LogP contribution in [-0.2, 0) is 9.59 Å². The molecule has 5 nitrogen and oxygen atoms in total. The zero-order chi connectivity index (χ0) is 17.7. The number of thioether (sulfide) groups is 2. The van der Waals surface area contributed by atoms with E-state index in [4.69, 9.17) is 16.6 Å². The number of furan rings is 1. The van der Waals surface area contributed by atoms with Crippen molar-refractivity contribution in [3.63, 3.8) is 0 Å². The van der Waals surface area contributed by atoms with E-state index in [1.54, 1.807) is 6.26 Å². The first-order valence-electron chi connectivity index (χ1n) is 7.84. The highest BCUT2D eigenvalue weighted by Crippen LogP contribution is 2.54. The Morgan fingerprint density at radius 2 is 1.64 bits per heavy atom. The molecule has 2 aromatic rings. The first-order valence-corrected chi connectivity index (χ1v) is 9.88. The monoisotopic (exact) mass is 390 g/mol. The number of carbonyl (C=O) groups excluding carboxylic acids is 2. The molecule has 1 saturated heterocycles. The van der Waals surface area contributed by atoms with Gasteiger partial charge in [-0.2, -0.15) is 0 Å². The number of benzene rings is 1. The molecule has 0 aliphatic carbocycles. The van der Waals surface area contributed by atoms with Gasteiger partial charge < -0.3 is 4.42 Å². The number of carbonyl (C=O) groups is 2. The van der Waals surface area contributed by atoms with Crippen LogP contribution in [0, 0.1) is 0 Å². The van der Waals surface area contributed by atoms with E-state index in [2.05, 4.69) is 0 Å².